The molecule has 0 radical (unpaired) electrons. The maximum Gasteiger partial charge on any atom is 0.129 e. The molecular weight excluding hydrogens is 256 g/mol. The summed E-state index contributed by atoms with van der Waals surface area (Å²) in [6, 6.07) is 1.87. The molecule has 0 aromatic carbocycles. The summed E-state index contributed by atoms with van der Waals surface area (Å²) in [5.74, 6) is 0.793. The maximum atomic E-state index is 10.2. The Labute approximate surface area is 97.8 Å². The van der Waals surface area contributed by atoms with E-state index < -0.39 is 6.10 Å². The van der Waals surface area contributed by atoms with Crippen molar-refractivity contribution in [3.63, 3.8) is 0 Å². The van der Waals surface area contributed by atoms with Gasteiger partial charge in [-0.05, 0) is 40.8 Å². The van der Waals surface area contributed by atoms with Gasteiger partial charge in [-0.3, -0.25) is 0 Å². The first kappa shape index (κ1) is 10.9. The molecule has 0 spiro atoms. The van der Waals surface area contributed by atoms with E-state index in [2.05, 4.69) is 20.9 Å². The Hall–Kier alpha value is -0.610. The minimum atomic E-state index is -0.461. The Kier molecular flexibility index (Phi) is 3.26. The molecule has 82 valence electrons. The monoisotopic (exact) mass is 270 g/mol. The van der Waals surface area contributed by atoms with E-state index in [1.807, 2.05) is 6.07 Å². The standard InChI is InChI=1S/C11H15BrN2O/c12-8-5-9(11(13)14-6-8)10(15)7-3-1-2-4-7/h5-7,10,15H,1-4H2,(H2,13,14). The molecule has 1 aliphatic rings. The Morgan fingerprint density at radius 2 is 2.13 bits per heavy atom. The van der Waals surface area contributed by atoms with Gasteiger partial charge in [-0.1, -0.05) is 12.8 Å². The lowest BCUT2D eigenvalue weighted by atomic mass is 9.95. The fourth-order valence-corrected chi connectivity index (χ4v) is 2.58. The predicted octanol–water partition coefficient (Wildman–Crippen LogP) is 2.65. The average molecular weight is 271 g/mol. The number of aromatic nitrogens is 1. The van der Waals surface area contributed by atoms with Crippen LogP contribution in [0.25, 0.3) is 0 Å². The molecule has 1 heterocycles. The fourth-order valence-electron chi connectivity index (χ4n) is 2.23. The lowest BCUT2D eigenvalue weighted by molar-refractivity contribution is 0.112. The maximum absolute atomic E-state index is 10.2. The van der Waals surface area contributed by atoms with Crippen LogP contribution >= 0.6 is 15.9 Å². The van der Waals surface area contributed by atoms with Gasteiger partial charge in [-0.15, -0.1) is 0 Å². The highest BCUT2D eigenvalue weighted by molar-refractivity contribution is 9.10. The number of aliphatic hydroxyl groups is 1. The molecule has 0 saturated heterocycles. The Morgan fingerprint density at radius 3 is 2.80 bits per heavy atom. The normalized spacial score (nSPS) is 19.3. The zero-order chi connectivity index (χ0) is 10.8. The van der Waals surface area contributed by atoms with Gasteiger partial charge in [0.05, 0.1) is 6.10 Å². The number of nitrogens with two attached hydrogens (primary N) is 1. The topological polar surface area (TPSA) is 59.1 Å². The van der Waals surface area contributed by atoms with Crippen molar-refractivity contribution < 1.29 is 5.11 Å². The van der Waals surface area contributed by atoms with Gasteiger partial charge < -0.3 is 10.8 Å². The first-order valence-electron chi connectivity index (χ1n) is 5.27. The number of nitrogen functional groups attached to an aromatic ring is 1. The lowest BCUT2D eigenvalue weighted by Gasteiger charge is -2.19. The van der Waals surface area contributed by atoms with Crippen LogP contribution in [0.3, 0.4) is 0 Å². The quantitative estimate of drug-likeness (QED) is 0.869. The molecule has 3 N–H and O–H groups in total. The number of hydrogen-bond acceptors (Lipinski definition) is 3. The van der Waals surface area contributed by atoms with Gasteiger partial charge in [-0.25, -0.2) is 4.98 Å². The van der Waals surface area contributed by atoms with E-state index in [1.165, 1.54) is 12.8 Å². The van der Waals surface area contributed by atoms with Gasteiger partial charge in [0, 0.05) is 16.2 Å². The molecule has 1 aliphatic carbocycles. The zero-order valence-corrected chi connectivity index (χ0v) is 10.1. The molecule has 3 nitrogen and oxygen atoms in total. The van der Waals surface area contributed by atoms with Crippen LogP contribution in [0.5, 0.6) is 0 Å². The van der Waals surface area contributed by atoms with Crippen molar-refractivity contribution in [2.75, 3.05) is 5.73 Å². The number of hydrogen-bond donors (Lipinski definition) is 2. The van der Waals surface area contributed by atoms with Crippen LogP contribution in [0.2, 0.25) is 0 Å². The van der Waals surface area contributed by atoms with E-state index in [4.69, 9.17) is 5.73 Å². The van der Waals surface area contributed by atoms with Crippen LogP contribution in [0, 0.1) is 5.92 Å². The van der Waals surface area contributed by atoms with Gasteiger partial charge in [0.1, 0.15) is 5.82 Å². The molecule has 0 aliphatic heterocycles. The van der Waals surface area contributed by atoms with Crippen LogP contribution in [-0.4, -0.2) is 10.1 Å². The van der Waals surface area contributed by atoms with Crippen LogP contribution in [0.1, 0.15) is 37.4 Å². The SMILES string of the molecule is Nc1ncc(Br)cc1C(O)C1CCCC1. The first-order chi connectivity index (χ1) is 7.18. The Morgan fingerprint density at radius 1 is 1.47 bits per heavy atom. The second kappa shape index (κ2) is 4.49. The Bertz CT molecular complexity index is 350. The highest BCUT2D eigenvalue weighted by Crippen LogP contribution is 2.37. The third-order valence-corrected chi connectivity index (χ3v) is 3.51. The third-order valence-electron chi connectivity index (χ3n) is 3.08. The molecule has 4 heteroatoms. The summed E-state index contributed by atoms with van der Waals surface area (Å²) in [7, 11) is 0. The minimum Gasteiger partial charge on any atom is -0.388 e. The van der Waals surface area contributed by atoms with Gasteiger partial charge in [-0.2, -0.15) is 0 Å². The van der Waals surface area contributed by atoms with Crippen LogP contribution < -0.4 is 5.73 Å². The van der Waals surface area contributed by atoms with Crippen molar-refractivity contribution in [3.8, 4) is 0 Å². The second-order valence-corrected chi connectivity index (χ2v) is 5.03. The van der Waals surface area contributed by atoms with Crippen LogP contribution in [-0.2, 0) is 0 Å². The molecule has 1 aromatic rings. The molecule has 1 unspecified atom stereocenters. The largest absolute Gasteiger partial charge is 0.388 e. The van der Waals surface area contributed by atoms with Crippen molar-refractivity contribution in [3.05, 3.63) is 22.3 Å². The average Bonchev–Trinajstić information content (AvgIpc) is 2.74. The number of aliphatic hydroxyl groups excluding tert-OH is 1. The summed E-state index contributed by atoms with van der Waals surface area (Å²) in [6.45, 7) is 0. The van der Waals surface area contributed by atoms with Crippen molar-refractivity contribution in [1.82, 2.24) is 4.98 Å². The van der Waals surface area contributed by atoms with Crippen LogP contribution in [0.15, 0.2) is 16.7 Å². The van der Waals surface area contributed by atoms with Gasteiger partial charge in [0.25, 0.3) is 0 Å². The molecule has 0 amide bonds. The predicted molar refractivity (Wildman–Crippen MR) is 63.3 cm³/mol. The highest BCUT2D eigenvalue weighted by Gasteiger charge is 2.26. The summed E-state index contributed by atoms with van der Waals surface area (Å²) >= 11 is 3.34. The summed E-state index contributed by atoms with van der Waals surface area (Å²) < 4.78 is 0.865. The van der Waals surface area contributed by atoms with Crippen LogP contribution in [0.4, 0.5) is 5.82 Å². The van der Waals surface area contributed by atoms with E-state index in [0.717, 1.165) is 22.9 Å². The molecule has 1 saturated carbocycles. The van der Waals surface area contributed by atoms with E-state index in [-0.39, 0.29) is 0 Å². The molecular formula is C11H15BrN2O. The number of anilines is 1. The molecule has 1 fully saturated rings. The molecule has 1 aromatic heterocycles. The smallest absolute Gasteiger partial charge is 0.129 e. The zero-order valence-electron chi connectivity index (χ0n) is 8.49. The molecule has 0 bridgehead atoms. The third kappa shape index (κ3) is 2.32. The van der Waals surface area contributed by atoms with Gasteiger partial charge in [0.2, 0.25) is 0 Å². The summed E-state index contributed by atoms with van der Waals surface area (Å²) in [6.07, 6.45) is 5.80. The first-order valence-corrected chi connectivity index (χ1v) is 6.07. The van der Waals surface area contributed by atoms with Crippen molar-refractivity contribution in [2.45, 2.75) is 31.8 Å². The summed E-state index contributed by atoms with van der Waals surface area (Å²) in [4.78, 5) is 4.04. The molecule has 1 atom stereocenters. The summed E-state index contributed by atoms with van der Waals surface area (Å²) in [5, 5.41) is 10.2. The van der Waals surface area contributed by atoms with Crippen molar-refractivity contribution in [2.24, 2.45) is 5.92 Å². The number of rotatable bonds is 2. The van der Waals surface area contributed by atoms with E-state index in [1.54, 1.807) is 6.20 Å². The molecule has 15 heavy (non-hydrogen) atoms. The lowest BCUT2D eigenvalue weighted by Crippen LogP contribution is -2.12. The van der Waals surface area contributed by atoms with E-state index in [9.17, 15) is 5.11 Å². The van der Waals surface area contributed by atoms with Gasteiger partial charge >= 0.3 is 0 Å². The highest BCUT2D eigenvalue weighted by atomic mass is 79.9. The van der Waals surface area contributed by atoms with Crippen molar-refractivity contribution >= 4 is 21.7 Å². The van der Waals surface area contributed by atoms with Gasteiger partial charge in [0.15, 0.2) is 0 Å². The second-order valence-electron chi connectivity index (χ2n) is 4.12. The number of nitrogens with zero attached hydrogens (tertiary/aromatic N) is 1. The number of pyridine rings is 1. The minimum absolute atomic E-state index is 0.350. The Balaban J connectivity index is 2.23. The molecule has 2 rings (SSSR count). The van der Waals surface area contributed by atoms with Crippen molar-refractivity contribution in [1.29, 1.82) is 0 Å². The number of halogens is 1. The van der Waals surface area contributed by atoms with E-state index >= 15 is 0 Å². The van der Waals surface area contributed by atoms with E-state index in [0.29, 0.717) is 11.7 Å². The fraction of sp³-hybridized carbons (Fsp3) is 0.545. The summed E-state index contributed by atoms with van der Waals surface area (Å²) in [5.41, 5.74) is 6.53.